The van der Waals surface area contributed by atoms with Crippen molar-refractivity contribution in [3.8, 4) is 11.3 Å². The molecule has 0 bridgehead atoms. The maximum absolute atomic E-state index is 14.2. The Balaban J connectivity index is 1.38. The van der Waals surface area contributed by atoms with Crippen molar-refractivity contribution in [1.29, 1.82) is 0 Å². The molecule has 0 saturated heterocycles. The molecule has 2 N–H and O–H groups in total. The molecule has 0 aliphatic rings. The fraction of sp³-hybridized carbons (Fsp3) is 0.240. The van der Waals surface area contributed by atoms with Gasteiger partial charge in [-0.15, -0.1) is 0 Å². The van der Waals surface area contributed by atoms with Crippen LogP contribution in [-0.2, 0) is 0 Å². The Morgan fingerprint density at radius 2 is 1.72 bits per heavy atom. The van der Waals surface area contributed by atoms with Gasteiger partial charge >= 0.3 is 0 Å². The minimum Gasteiger partial charge on any atom is -0.370 e. The average molecular weight is 432 g/mol. The molecule has 7 heteroatoms. The van der Waals surface area contributed by atoms with E-state index >= 15 is 0 Å². The number of anilines is 1. The van der Waals surface area contributed by atoms with Crippen LogP contribution in [0.2, 0.25) is 0 Å². The van der Waals surface area contributed by atoms with Gasteiger partial charge in [0.15, 0.2) is 11.5 Å². The highest BCUT2D eigenvalue weighted by atomic mass is 19.1. The quantitative estimate of drug-likeness (QED) is 0.394. The Hall–Kier alpha value is -3.74. The summed E-state index contributed by atoms with van der Waals surface area (Å²) < 4.78 is 15.7. The number of nitrogens with zero attached hydrogens (tertiary/aromatic N) is 3. The molecule has 2 heterocycles. The zero-order chi connectivity index (χ0) is 22.5. The Kier molecular flexibility index (Phi) is 6.44. The number of carbonyl (C=O) groups excluding carboxylic acids is 1. The summed E-state index contributed by atoms with van der Waals surface area (Å²) in [7, 11) is 0. The highest BCUT2D eigenvalue weighted by molar-refractivity contribution is 5.95. The summed E-state index contributed by atoms with van der Waals surface area (Å²) in [5.41, 5.74) is 4.58. The van der Waals surface area contributed by atoms with Crippen LogP contribution in [0.4, 0.5) is 10.2 Å². The van der Waals surface area contributed by atoms with Crippen molar-refractivity contribution >= 4 is 17.4 Å². The van der Waals surface area contributed by atoms with E-state index in [-0.39, 0.29) is 11.6 Å². The number of nitrogens with one attached hydrogen (secondary N) is 2. The summed E-state index contributed by atoms with van der Waals surface area (Å²) in [5, 5.41) is 10.4. The van der Waals surface area contributed by atoms with E-state index in [1.165, 1.54) is 10.7 Å². The van der Waals surface area contributed by atoms with Crippen molar-refractivity contribution < 1.29 is 9.18 Å². The minimum atomic E-state index is -0.456. The molecule has 0 radical (unpaired) electrons. The summed E-state index contributed by atoms with van der Waals surface area (Å²) in [6.45, 7) is 5.18. The van der Waals surface area contributed by atoms with E-state index in [9.17, 15) is 9.18 Å². The van der Waals surface area contributed by atoms with Crippen molar-refractivity contribution in [1.82, 2.24) is 19.9 Å². The first-order valence-electron chi connectivity index (χ1n) is 10.7. The lowest BCUT2D eigenvalue weighted by atomic mass is 10.1. The Morgan fingerprint density at radius 3 is 2.50 bits per heavy atom. The smallest absolute Gasteiger partial charge is 0.251 e. The van der Waals surface area contributed by atoms with Gasteiger partial charge in [-0.2, -0.15) is 9.61 Å². The van der Waals surface area contributed by atoms with Gasteiger partial charge in [-0.1, -0.05) is 42.5 Å². The fourth-order valence-corrected chi connectivity index (χ4v) is 3.65. The van der Waals surface area contributed by atoms with Gasteiger partial charge in [0.2, 0.25) is 0 Å². The molecular weight excluding hydrogens is 405 g/mol. The number of unbranched alkanes of at least 4 members (excludes halogenated alkanes) is 1. The molecule has 164 valence electrons. The number of amides is 1. The van der Waals surface area contributed by atoms with Crippen molar-refractivity contribution in [2.45, 2.75) is 26.7 Å². The fourth-order valence-electron chi connectivity index (χ4n) is 3.65. The van der Waals surface area contributed by atoms with E-state index in [1.54, 1.807) is 0 Å². The topological polar surface area (TPSA) is 71.3 Å². The molecule has 0 aliphatic carbocycles. The van der Waals surface area contributed by atoms with Gasteiger partial charge in [-0.3, -0.25) is 4.79 Å². The second-order valence-corrected chi connectivity index (χ2v) is 7.77. The molecule has 0 unspecified atom stereocenters. The number of fused-ring (bicyclic) bond motifs is 1. The Morgan fingerprint density at radius 1 is 1.00 bits per heavy atom. The number of carbonyl (C=O) groups is 1. The molecule has 2 aromatic heterocycles. The second kappa shape index (κ2) is 9.60. The third-order valence-corrected chi connectivity index (χ3v) is 5.43. The standard InChI is InChI=1S/C25H26FN5O/c1-17-9-3-5-11-19(17)22-15-23(31-24(30-22)21(26)16-29-31)27-13-7-8-14-28-25(32)20-12-6-4-10-18(20)2/h3-6,9-12,15-16,27H,7-8,13-14H2,1-2H3,(H,28,32). The number of halogens is 1. The molecule has 0 aliphatic heterocycles. The average Bonchev–Trinajstić information content (AvgIpc) is 3.17. The van der Waals surface area contributed by atoms with Crippen LogP contribution in [0.25, 0.3) is 16.9 Å². The summed E-state index contributed by atoms with van der Waals surface area (Å²) in [6.07, 6.45) is 2.83. The summed E-state index contributed by atoms with van der Waals surface area (Å²) >= 11 is 0. The third kappa shape index (κ3) is 4.61. The van der Waals surface area contributed by atoms with E-state index in [1.807, 2.05) is 68.4 Å². The first-order chi connectivity index (χ1) is 15.5. The van der Waals surface area contributed by atoms with E-state index in [2.05, 4.69) is 20.7 Å². The lowest BCUT2D eigenvalue weighted by Crippen LogP contribution is -2.25. The van der Waals surface area contributed by atoms with Crippen molar-refractivity contribution in [2.75, 3.05) is 18.4 Å². The van der Waals surface area contributed by atoms with Crippen LogP contribution < -0.4 is 10.6 Å². The van der Waals surface area contributed by atoms with Crippen LogP contribution >= 0.6 is 0 Å². The van der Waals surface area contributed by atoms with E-state index in [0.29, 0.717) is 30.2 Å². The van der Waals surface area contributed by atoms with Gasteiger partial charge in [-0.25, -0.2) is 9.37 Å². The van der Waals surface area contributed by atoms with E-state index in [4.69, 9.17) is 0 Å². The predicted octanol–water partition coefficient (Wildman–Crippen LogP) is 4.77. The van der Waals surface area contributed by atoms with Gasteiger partial charge in [0, 0.05) is 30.3 Å². The molecule has 1 amide bonds. The third-order valence-electron chi connectivity index (χ3n) is 5.43. The molecule has 4 aromatic rings. The first-order valence-corrected chi connectivity index (χ1v) is 10.7. The summed E-state index contributed by atoms with van der Waals surface area (Å²) in [4.78, 5) is 16.8. The van der Waals surface area contributed by atoms with Crippen LogP contribution in [0, 0.1) is 19.7 Å². The SMILES string of the molecule is Cc1ccccc1C(=O)NCCCCNc1cc(-c2ccccc2C)nc2c(F)cnn12. The number of aryl methyl sites for hydroxylation is 2. The lowest BCUT2D eigenvalue weighted by Gasteiger charge is -2.12. The van der Waals surface area contributed by atoms with Crippen LogP contribution in [0.3, 0.4) is 0 Å². The van der Waals surface area contributed by atoms with Gasteiger partial charge in [0.25, 0.3) is 5.91 Å². The zero-order valence-corrected chi connectivity index (χ0v) is 18.2. The molecule has 32 heavy (non-hydrogen) atoms. The molecule has 0 spiro atoms. The minimum absolute atomic E-state index is 0.0539. The molecule has 4 rings (SSSR count). The zero-order valence-electron chi connectivity index (χ0n) is 18.2. The van der Waals surface area contributed by atoms with Crippen molar-refractivity contribution in [2.24, 2.45) is 0 Å². The number of benzene rings is 2. The normalized spacial score (nSPS) is 11.0. The van der Waals surface area contributed by atoms with Crippen LogP contribution in [0.5, 0.6) is 0 Å². The molecule has 0 atom stereocenters. The predicted molar refractivity (Wildman–Crippen MR) is 124 cm³/mol. The molecule has 0 fully saturated rings. The maximum Gasteiger partial charge on any atom is 0.251 e. The number of aromatic nitrogens is 3. The highest BCUT2D eigenvalue weighted by Gasteiger charge is 2.13. The highest BCUT2D eigenvalue weighted by Crippen LogP contribution is 2.25. The number of hydrogen-bond donors (Lipinski definition) is 2. The summed E-state index contributed by atoms with van der Waals surface area (Å²) in [5.74, 6) is 0.172. The van der Waals surface area contributed by atoms with Gasteiger partial charge in [-0.05, 0) is 43.9 Å². The van der Waals surface area contributed by atoms with Gasteiger partial charge in [0.05, 0.1) is 11.9 Å². The van der Waals surface area contributed by atoms with E-state index in [0.717, 1.165) is 29.5 Å². The van der Waals surface area contributed by atoms with Crippen molar-refractivity contribution in [3.05, 3.63) is 83.3 Å². The van der Waals surface area contributed by atoms with E-state index < -0.39 is 5.82 Å². The number of hydrogen-bond acceptors (Lipinski definition) is 4. The Labute approximate surface area is 186 Å². The van der Waals surface area contributed by atoms with Crippen LogP contribution in [0.15, 0.2) is 60.8 Å². The maximum atomic E-state index is 14.2. The molecule has 2 aromatic carbocycles. The summed E-state index contributed by atoms with van der Waals surface area (Å²) in [6, 6.07) is 17.3. The monoisotopic (exact) mass is 431 g/mol. The molecule has 0 saturated carbocycles. The molecule has 6 nitrogen and oxygen atoms in total. The first kappa shape index (κ1) is 21.5. The van der Waals surface area contributed by atoms with Gasteiger partial charge < -0.3 is 10.6 Å². The molecular formula is C25H26FN5O. The lowest BCUT2D eigenvalue weighted by molar-refractivity contribution is 0.0952. The Bertz CT molecular complexity index is 1250. The number of rotatable bonds is 8. The van der Waals surface area contributed by atoms with Gasteiger partial charge in [0.1, 0.15) is 5.82 Å². The van der Waals surface area contributed by atoms with Crippen molar-refractivity contribution in [3.63, 3.8) is 0 Å². The second-order valence-electron chi connectivity index (χ2n) is 7.77. The largest absolute Gasteiger partial charge is 0.370 e. The van der Waals surface area contributed by atoms with Crippen LogP contribution in [0.1, 0.15) is 34.3 Å². The van der Waals surface area contributed by atoms with Crippen LogP contribution in [-0.4, -0.2) is 33.6 Å².